The number of imide groups is 2. The number of carbonyl (C=O) groups is 4. The average Bonchev–Trinajstić information content (AvgIpc) is 3.80. The van der Waals surface area contributed by atoms with Crippen molar-refractivity contribution in [3.8, 4) is 0 Å². The highest BCUT2D eigenvalue weighted by Gasteiger charge is 2.45. The number of ether oxygens (including phenoxy) is 1. The molecule has 0 spiro atoms. The van der Waals surface area contributed by atoms with Crippen molar-refractivity contribution in [2.75, 3.05) is 68.0 Å². The van der Waals surface area contributed by atoms with Crippen molar-refractivity contribution in [1.82, 2.24) is 34.6 Å². The number of amides is 4. The number of fused-ring (bicyclic) bond motifs is 2. The summed E-state index contributed by atoms with van der Waals surface area (Å²) < 4.78 is 7.68. The van der Waals surface area contributed by atoms with Crippen molar-refractivity contribution in [3.63, 3.8) is 0 Å². The molecule has 5 heterocycles. The lowest BCUT2D eigenvalue weighted by molar-refractivity contribution is -0.136. The van der Waals surface area contributed by atoms with Gasteiger partial charge in [-0.2, -0.15) is 4.98 Å². The number of piperazine rings is 1. The second-order valence-corrected chi connectivity index (χ2v) is 14.0. The van der Waals surface area contributed by atoms with E-state index in [1.807, 2.05) is 12.1 Å². The molecule has 1 unspecified atom stereocenters. The van der Waals surface area contributed by atoms with Crippen molar-refractivity contribution >= 4 is 57.8 Å². The van der Waals surface area contributed by atoms with Crippen molar-refractivity contribution in [2.24, 2.45) is 0 Å². The number of piperidine rings is 1. The van der Waals surface area contributed by atoms with E-state index in [1.165, 1.54) is 6.20 Å². The molecule has 280 valence electrons. The smallest absolute Gasteiger partial charge is 0.270 e. The number of hydrogen-bond donors (Lipinski definition) is 3. The fourth-order valence-corrected chi connectivity index (χ4v) is 7.83. The predicted octanol–water partition coefficient (Wildman–Crippen LogP) is 2.70. The zero-order valence-corrected chi connectivity index (χ0v) is 29.8. The minimum Gasteiger partial charge on any atom is -0.382 e. The van der Waals surface area contributed by atoms with Crippen LogP contribution in [0.25, 0.3) is 11.2 Å². The summed E-state index contributed by atoms with van der Waals surface area (Å²) in [6.07, 6.45) is 7.37. The number of carbonyl (C=O) groups excluding carboxylic acids is 4. The Morgan fingerprint density at radius 3 is 2.43 bits per heavy atom. The quantitative estimate of drug-likeness (QED) is 0.143. The normalized spacial score (nSPS) is 19.4. The van der Waals surface area contributed by atoms with Gasteiger partial charge in [-0.25, -0.2) is 9.97 Å². The maximum Gasteiger partial charge on any atom is 0.270 e. The van der Waals surface area contributed by atoms with Crippen molar-refractivity contribution in [2.45, 2.75) is 50.6 Å². The van der Waals surface area contributed by atoms with Crippen LogP contribution in [0, 0.1) is 0 Å². The third kappa shape index (κ3) is 7.13. The number of hydrogen-bond acceptors (Lipinski definition) is 13. The van der Waals surface area contributed by atoms with E-state index in [9.17, 15) is 24.0 Å². The summed E-state index contributed by atoms with van der Waals surface area (Å²) in [5.41, 5.74) is 4.02. The van der Waals surface area contributed by atoms with E-state index in [1.54, 1.807) is 29.0 Å². The lowest BCUT2D eigenvalue weighted by atomic mass is 10.0. The van der Waals surface area contributed by atoms with Gasteiger partial charge in [-0.15, -0.1) is 0 Å². The SMILES string of the molecule is O=C1CCC(N2C(=O)c3cccc(NCCOCCN4CCN(c5ccc(Nc6ncc7ncc(=O)n(C8CCCC8)c7n6)cc5)CC4)c3C2=O)C(=O)N1. The molecule has 1 aliphatic carbocycles. The first kappa shape index (κ1) is 35.3. The highest BCUT2D eigenvalue weighted by atomic mass is 16.5. The van der Waals surface area contributed by atoms with Crippen LogP contribution in [-0.2, 0) is 14.3 Å². The fourth-order valence-electron chi connectivity index (χ4n) is 7.83. The van der Waals surface area contributed by atoms with E-state index >= 15 is 0 Å². The molecule has 2 saturated heterocycles. The van der Waals surface area contributed by atoms with Gasteiger partial charge in [-0.1, -0.05) is 18.9 Å². The van der Waals surface area contributed by atoms with Gasteiger partial charge in [0, 0.05) is 68.8 Å². The minimum atomic E-state index is -1.00. The first-order valence-electron chi connectivity index (χ1n) is 18.6. The molecule has 2 aromatic carbocycles. The Labute approximate surface area is 310 Å². The first-order valence-corrected chi connectivity index (χ1v) is 18.6. The van der Waals surface area contributed by atoms with E-state index in [0.717, 1.165) is 74.7 Å². The van der Waals surface area contributed by atoms with Crippen LogP contribution in [0.5, 0.6) is 0 Å². The molecule has 0 bridgehead atoms. The minimum absolute atomic E-state index is 0.0736. The largest absolute Gasteiger partial charge is 0.382 e. The first-order chi connectivity index (χ1) is 26.3. The lowest BCUT2D eigenvalue weighted by Gasteiger charge is -2.36. The molecular formula is C38H42N10O6. The van der Waals surface area contributed by atoms with Gasteiger partial charge in [-0.05, 0) is 55.7 Å². The average molecular weight is 735 g/mol. The van der Waals surface area contributed by atoms with Crippen molar-refractivity contribution in [1.29, 1.82) is 0 Å². The Kier molecular flexibility index (Phi) is 10.0. The van der Waals surface area contributed by atoms with Gasteiger partial charge in [0.15, 0.2) is 5.65 Å². The van der Waals surface area contributed by atoms with Crippen molar-refractivity contribution in [3.05, 3.63) is 76.3 Å². The Bertz CT molecular complexity index is 2140. The van der Waals surface area contributed by atoms with E-state index < -0.39 is 29.7 Å². The molecule has 3 N–H and O–H groups in total. The van der Waals surface area contributed by atoms with Gasteiger partial charge in [0.25, 0.3) is 17.4 Å². The summed E-state index contributed by atoms with van der Waals surface area (Å²) in [6, 6.07) is 12.3. The Hall–Kier alpha value is -5.74. The van der Waals surface area contributed by atoms with Gasteiger partial charge >= 0.3 is 0 Å². The zero-order valence-electron chi connectivity index (χ0n) is 29.8. The van der Waals surface area contributed by atoms with Gasteiger partial charge in [0.2, 0.25) is 17.8 Å². The highest BCUT2D eigenvalue weighted by Crippen LogP contribution is 2.33. The molecule has 1 atom stereocenters. The van der Waals surface area contributed by atoms with Crippen LogP contribution in [0.1, 0.15) is 65.3 Å². The summed E-state index contributed by atoms with van der Waals surface area (Å²) in [4.78, 5) is 82.1. The maximum absolute atomic E-state index is 13.3. The van der Waals surface area contributed by atoms with Gasteiger partial charge in [-0.3, -0.25) is 43.7 Å². The van der Waals surface area contributed by atoms with Crippen LogP contribution in [-0.4, -0.2) is 111 Å². The number of benzene rings is 2. The molecule has 8 rings (SSSR count). The molecule has 54 heavy (non-hydrogen) atoms. The highest BCUT2D eigenvalue weighted by molar-refractivity contribution is 6.25. The summed E-state index contributed by atoms with van der Waals surface area (Å²) in [5, 5.41) is 8.72. The topological polar surface area (TPSA) is 184 Å². The Morgan fingerprint density at radius 1 is 0.852 bits per heavy atom. The molecule has 2 aromatic heterocycles. The third-order valence-corrected chi connectivity index (χ3v) is 10.7. The van der Waals surface area contributed by atoms with E-state index in [2.05, 4.69) is 47.9 Å². The molecule has 3 aliphatic heterocycles. The molecule has 1 saturated carbocycles. The fraction of sp³-hybridized carbons (Fsp3) is 0.421. The Morgan fingerprint density at radius 2 is 1.65 bits per heavy atom. The summed E-state index contributed by atoms with van der Waals surface area (Å²) in [5.74, 6) is -1.68. The maximum atomic E-state index is 13.3. The second-order valence-electron chi connectivity index (χ2n) is 14.0. The van der Waals surface area contributed by atoms with Gasteiger partial charge in [0.1, 0.15) is 11.6 Å². The van der Waals surface area contributed by atoms with Gasteiger partial charge < -0.3 is 20.3 Å². The van der Waals surface area contributed by atoms with Crippen LogP contribution < -0.4 is 26.4 Å². The van der Waals surface area contributed by atoms with Crippen LogP contribution >= 0.6 is 0 Å². The van der Waals surface area contributed by atoms with Crippen LogP contribution in [0.2, 0.25) is 0 Å². The molecular weight excluding hydrogens is 692 g/mol. The number of anilines is 4. The summed E-state index contributed by atoms with van der Waals surface area (Å²) in [7, 11) is 0. The molecule has 16 heteroatoms. The molecule has 0 radical (unpaired) electrons. The Balaban J connectivity index is 0.773. The van der Waals surface area contributed by atoms with E-state index in [0.29, 0.717) is 42.6 Å². The van der Waals surface area contributed by atoms with E-state index in [4.69, 9.17) is 9.72 Å². The molecule has 4 aromatic rings. The van der Waals surface area contributed by atoms with E-state index in [-0.39, 0.29) is 35.6 Å². The molecule has 4 amide bonds. The molecule has 4 aliphatic rings. The third-order valence-electron chi connectivity index (χ3n) is 10.7. The predicted molar refractivity (Wildman–Crippen MR) is 200 cm³/mol. The van der Waals surface area contributed by atoms with Crippen LogP contribution in [0.3, 0.4) is 0 Å². The standard InChI is InChI=1S/C38H42N10O6/c49-31-13-12-30(35(51)43-31)48-36(52)27-6-3-7-28(33(27)37(48)53)39-14-20-54-21-19-45-15-17-46(18-16-45)25-10-8-24(9-11-25)42-38-41-22-29-34(44-38)47(32(50)23-40-29)26-4-1-2-5-26/h3,6-11,22-23,26,30,39H,1-2,4-5,12-21H2,(H,41,42,44)(H,43,49,51). The number of nitrogens with one attached hydrogen (secondary N) is 3. The number of rotatable bonds is 12. The number of nitrogens with zero attached hydrogens (tertiary/aromatic N) is 7. The lowest BCUT2D eigenvalue weighted by Crippen LogP contribution is -2.54. The molecule has 16 nitrogen and oxygen atoms in total. The number of aromatic nitrogens is 4. The zero-order chi connectivity index (χ0) is 37.2. The summed E-state index contributed by atoms with van der Waals surface area (Å²) >= 11 is 0. The molecule has 3 fully saturated rings. The van der Waals surface area contributed by atoms with Crippen molar-refractivity contribution < 1.29 is 23.9 Å². The van der Waals surface area contributed by atoms with Gasteiger partial charge in [0.05, 0.1) is 36.7 Å². The monoisotopic (exact) mass is 734 g/mol. The second kappa shape index (κ2) is 15.3. The van der Waals surface area contributed by atoms with Crippen LogP contribution in [0.15, 0.2) is 59.7 Å². The summed E-state index contributed by atoms with van der Waals surface area (Å²) in [6.45, 7) is 5.76. The van der Waals surface area contributed by atoms with Crippen LogP contribution in [0.4, 0.5) is 23.0 Å².